The SMILES string of the molecule is Cc1cc(C)cc(C(=O)OCC(=O)Nc2cccc(Cl)c2C)c1. The van der Waals surface area contributed by atoms with Crippen LogP contribution in [0.2, 0.25) is 5.02 Å². The zero-order chi connectivity index (χ0) is 17.0. The molecule has 2 aromatic rings. The van der Waals surface area contributed by atoms with Gasteiger partial charge in [-0.25, -0.2) is 4.79 Å². The maximum absolute atomic E-state index is 12.0. The highest BCUT2D eigenvalue weighted by atomic mass is 35.5. The molecule has 1 amide bonds. The lowest BCUT2D eigenvalue weighted by molar-refractivity contribution is -0.119. The molecule has 23 heavy (non-hydrogen) atoms. The first-order valence-corrected chi connectivity index (χ1v) is 7.55. The highest BCUT2D eigenvalue weighted by molar-refractivity contribution is 6.31. The van der Waals surface area contributed by atoms with Gasteiger partial charge in [-0.3, -0.25) is 4.79 Å². The summed E-state index contributed by atoms with van der Waals surface area (Å²) in [6.07, 6.45) is 0. The number of carbonyl (C=O) groups excluding carboxylic acids is 2. The van der Waals surface area contributed by atoms with Gasteiger partial charge in [0, 0.05) is 10.7 Å². The number of amides is 1. The zero-order valence-corrected chi connectivity index (χ0v) is 14.0. The number of hydrogen-bond acceptors (Lipinski definition) is 3. The van der Waals surface area contributed by atoms with Gasteiger partial charge in [0.2, 0.25) is 0 Å². The van der Waals surface area contributed by atoms with Crippen molar-refractivity contribution in [2.24, 2.45) is 0 Å². The van der Waals surface area contributed by atoms with Crippen molar-refractivity contribution in [2.75, 3.05) is 11.9 Å². The number of aryl methyl sites for hydroxylation is 2. The maximum Gasteiger partial charge on any atom is 0.338 e. The summed E-state index contributed by atoms with van der Waals surface area (Å²) < 4.78 is 5.06. The van der Waals surface area contributed by atoms with Crippen LogP contribution in [0.3, 0.4) is 0 Å². The van der Waals surface area contributed by atoms with Crippen LogP contribution in [-0.4, -0.2) is 18.5 Å². The molecule has 0 spiro atoms. The summed E-state index contributed by atoms with van der Waals surface area (Å²) in [6, 6.07) is 10.7. The Morgan fingerprint density at radius 1 is 1.09 bits per heavy atom. The van der Waals surface area contributed by atoms with Gasteiger partial charge in [-0.1, -0.05) is 34.9 Å². The Labute approximate surface area is 140 Å². The van der Waals surface area contributed by atoms with Crippen LogP contribution < -0.4 is 5.32 Å². The molecule has 1 N–H and O–H groups in total. The minimum atomic E-state index is -0.519. The topological polar surface area (TPSA) is 55.4 Å². The van der Waals surface area contributed by atoms with Crippen molar-refractivity contribution in [3.05, 3.63) is 63.7 Å². The largest absolute Gasteiger partial charge is 0.452 e. The minimum Gasteiger partial charge on any atom is -0.452 e. The van der Waals surface area contributed by atoms with Crippen molar-refractivity contribution >= 4 is 29.2 Å². The molecule has 0 saturated carbocycles. The Morgan fingerprint density at radius 3 is 2.39 bits per heavy atom. The molecule has 120 valence electrons. The van der Waals surface area contributed by atoms with Crippen LogP contribution in [0.4, 0.5) is 5.69 Å². The van der Waals surface area contributed by atoms with E-state index in [0.717, 1.165) is 16.7 Å². The number of hydrogen-bond donors (Lipinski definition) is 1. The van der Waals surface area contributed by atoms with Crippen LogP contribution >= 0.6 is 11.6 Å². The highest BCUT2D eigenvalue weighted by Gasteiger charge is 2.12. The third-order valence-electron chi connectivity index (χ3n) is 3.33. The molecule has 0 aliphatic rings. The minimum absolute atomic E-state index is 0.349. The first-order chi connectivity index (χ1) is 10.9. The smallest absolute Gasteiger partial charge is 0.338 e. The number of nitrogens with one attached hydrogen (secondary N) is 1. The zero-order valence-electron chi connectivity index (χ0n) is 13.3. The van der Waals surface area contributed by atoms with Crippen molar-refractivity contribution in [3.8, 4) is 0 Å². The van der Waals surface area contributed by atoms with E-state index in [-0.39, 0.29) is 6.61 Å². The van der Waals surface area contributed by atoms with Crippen LogP contribution in [0.25, 0.3) is 0 Å². The van der Waals surface area contributed by atoms with Crippen molar-refractivity contribution in [2.45, 2.75) is 20.8 Å². The normalized spacial score (nSPS) is 10.3. The molecule has 2 aromatic carbocycles. The predicted molar refractivity (Wildman–Crippen MR) is 91.0 cm³/mol. The Hall–Kier alpha value is -2.33. The molecular formula is C18H18ClNO3. The molecule has 5 heteroatoms. The lowest BCUT2D eigenvalue weighted by Gasteiger charge is -2.10. The molecule has 0 aliphatic heterocycles. The summed E-state index contributed by atoms with van der Waals surface area (Å²) in [5.41, 5.74) is 3.74. The molecule has 0 fully saturated rings. The molecule has 2 rings (SSSR count). The third kappa shape index (κ3) is 4.57. The number of benzene rings is 2. The Morgan fingerprint density at radius 2 is 1.74 bits per heavy atom. The average Bonchev–Trinajstić information content (AvgIpc) is 2.48. The van der Waals surface area contributed by atoms with Crippen LogP contribution in [-0.2, 0) is 9.53 Å². The van der Waals surface area contributed by atoms with Crippen molar-refractivity contribution in [1.82, 2.24) is 0 Å². The van der Waals surface area contributed by atoms with Gasteiger partial charge in [0.15, 0.2) is 6.61 Å². The van der Waals surface area contributed by atoms with E-state index >= 15 is 0 Å². The fourth-order valence-corrected chi connectivity index (χ4v) is 2.41. The summed E-state index contributed by atoms with van der Waals surface area (Å²) >= 11 is 6.00. The van der Waals surface area contributed by atoms with E-state index in [2.05, 4.69) is 5.32 Å². The molecule has 0 saturated heterocycles. The standard InChI is InChI=1S/C18H18ClNO3/c1-11-7-12(2)9-14(8-11)18(22)23-10-17(21)20-16-6-4-5-15(19)13(16)3/h4-9H,10H2,1-3H3,(H,20,21). The third-order valence-corrected chi connectivity index (χ3v) is 3.74. The molecule has 0 aromatic heterocycles. The van der Waals surface area contributed by atoms with Gasteiger partial charge in [0.05, 0.1) is 5.56 Å². The number of carbonyl (C=O) groups is 2. The van der Waals surface area contributed by atoms with E-state index in [0.29, 0.717) is 16.3 Å². The van der Waals surface area contributed by atoms with Gasteiger partial charge < -0.3 is 10.1 Å². The molecule has 0 radical (unpaired) electrons. The number of rotatable bonds is 4. The Bertz CT molecular complexity index is 736. The maximum atomic E-state index is 12.0. The Kier molecular flexibility index (Phi) is 5.40. The fourth-order valence-electron chi connectivity index (χ4n) is 2.24. The fraction of sp³-hybridized carbons (Fsp3) is 0.222. The molecule has 0 unspecified atom stereocenters. The van der Waals surface area contributed by atoms with E-state index < -0.39 is 11.9 Å². The van der Waals surface area contributed by atoms with Crippen LogP contribution in [0, 0.1) is 20.8 Å². The summed E-state index contributed by atoms with van der Waals surface area (Å²) in [5.74, 6) is -0.928. The van der Waals surface area contributed by atoms with Gasteiger partial charge in [-0.2, -0.15) is 0 Å². The van der Waals surface area contributed by atoms with Crippen molar-refractivity contribution in [1.29, 1.82) is 0 Å². The monoisotopic (exact) mass is 331 g/mol. The van der Waals surface area contributed by atoms with Gasteiger partial charge in [-0.15, -0.1) is 0 Å². The van der Waals surface area contributed by atoms with E-state index in [1.54, 1.807) is 37.3 Å². The summed E-state index contributed by atoms with van der Waals surface area (Å²) in [5, 5.41) is 3.24. The molecule has 0 bridgehead atoms. The second-order valence-electron chi connectivity index (χ2n) is 5.41. The van der Waals surface area contributed by atoms with Gasteiger partial charge in [0.25, 0.3) is 5.91 Å². The van der Waals surface area contributed by atoms with Crippen LogP contribution in [0.15, 0.2) is 36.4 Å². The van der Waals surface area contributed by atoms with Crippen LogP contribution in [0.1, 0.15) is 27.0 Å². The second kappa shape index (κ2) is 7.29. The van der Waals surface area contributed by atoms with E-state index in [9.17, 15) is 9.59 Å². The lowest BCUT2D eigenvalue weighted by Crippen LogP contribution is -2.21. The molecule has 0 aliphatic carbocycles. The summed E-state index contributed by atoms with van der Waals surface area (Å²) in [6.45, 7) is 5.26. The molecule has 0 atom stereocenters. The summed E-state index contributed by atoms with van der Waals surface area (Å²) in [4.78, 5) is 23.9. The van der Waals surface area contributed by atoms with Crippen LogP contribution in [0.5, 0.6) is 0 Å². The number of halogens is 1. The quantitative estimate of drug-likeness (QED) is 0.859. The van der Waals surface area contributed by atoms with E-state index in [1.165, 1.54) is 0 Å². The number of esters is 1. The molecular weight excluding hydrogens is 314 g/mol. The molecule has 0 heterocycles. The predicted octanol–water partition coefficient (Wildman–Crippen LogP) is 4.06. The first-order valence-electron chi connectivity index (χ1n) is 7.17. The highest BCUT2D eigenvalue weighted by Crippen LogP contribution is 2.22. The van der Waals surface area contributed by atoms with Crippen molar-refractivity contribution < 1.29 is 14.3 Å². The van der Waals surface area contributed by atoms with Gasteiger partial charge in [-0.05, 0) is 50.6 Å². The Balaban J connectivity index is 1.96. The molecule has 4 nitrogen and oxygen atoms in total. The number of ether oxygens (including phenoxy) is 1. The first kappa shape index (κ1) is 17.0. The van der Waals surface area contributed by atoms with Gasteiger partial charge >= 0.3 is 5.97 Å². The van der Waals surface area contributed by atoms with Crippen molar-refractivity contribution in [3.63, 3.8) is 0 Å². The summed E-state index contributed by atoms with van der Waals surface area (Å²) in [7, 11) is 0. The number of anilines is 1. The van der Waals surface area contributed by atoms with E-state index in [4.69, 9.17) is 16.3 Å². The van der Waals surface area contributed by atoms with Gasteiger partial charge in [0.1, 0.15) is 0 Å². The average molecular weight is 332 g/mol. The second-order valence-corrected chi connectivity index (χ2v) is 5.82. The lowest BCUT2D eigenvalue weighted by atomic mass is 10.1. The van der Waals surface area contributed by atoms with E-state index in [1.807, 2.05) is 19.9 Å².